The second-order valence-electron chi connectivity index (χ2n) is 7.07. The number of hydrogen-bond donors (Lipinski definition) is 1. The first-order valence-electron chi connectivity index (χ1n) is 7.17. The number of carbonyl (C=O) groups excluding carboxylic acids is 2. The third kappa shape index (κ3) is 4.55. The number of esters is 1. The minimum atomic E-state index is -1.08. The molecule has 0 radical (unpaired) electrons. The highest BCUT2D eigenvalue weighted by atomic mass is 16.5. The highest BCUT2D eigenvalue weighted by Crippen LogP contribution is 2.45. The van der Waals surface area contributed by atoms with E-state index in [0.717, 1.165) is 0 Å². The molecule has 0 heterocycles. The third-order valence-electron chi connectivity index (χ3n) is 4.50. The molecule has 122 valence electrons. The van der Waals surface area contributed by atoms with Crippen molar-refractivity contribution in [1.29, 1.82) is 0 Å². The molecule has 21 heavy (non-hydrogen) atoms. The SMILES string of the molecule is CCC(C)(CC(C)(CC(C)(C)C(=O)O)C(=O)OC)C(C)=O. The van der Waals surface area contributed by atoms with Crippen molar-refractivity contribution in [1.82, 2.24) is 0 Å². The van der Waals surface area contributed by atoms with E-state index in [4.69, 9.17) is 4.74 Å². The Balaban J connectivity index is 5.62. The summed E-state index contributed by atoms with van der Waals surface area (Å²) in [5.41, 5.74) is -2.76. The van der Waals surface area contributed by atoms with Gasteiger partial charge in [0.05, 0.1) is 17.9 Å². The second kappa shape index (κ2) is 6.58. The van der Waals surface area contributed by atoms with Gasteiger partial charge in [0, 0.05) is 5.41 Å². The molecular weight excluding hydrogens is 272 g/mol. The molecule has 0 saturated carbocycles. The summed E-state index contributed by atoms with van der Waals surface area (Å²) in [4.78, 5) is 35.5. The summed E-state index contributed by atoms with van der Waals surface area (Å²) < 4.78 is 4.87. The standard InChI is InChI=1S/C16H28O5/c1-8-15(5,11(2)17)10-16(6,13(20)21-7)9-14(3,4)12(18)19/h8-10H2,1-7H3,(H,18,19). The molecule has 0 bridgehead atoms. The molecule has 0 aromatic rings. The molecule has 0 spiro atoms. The van der Waals surface area contributed by atoms with Gasteiger partial charge < -0.3 is 9.84 Å². The summed E-state index contributed by atoms with van der Waals surface area (Å²) in [5.74, 6) is -1.45. The highest BCUT2D eigenvalue weighted by molar-refractivity contribution is 5.84. The average Bonchev–Trinajstić information content (AvgIpc) is 2.36. The van der Waals surface area contributed by atoms with E-state index >= 15 is 0 Å². The smallest absolute Gasteiger partial charge is 0.311 e. The zero-order valence-corrected chi connectivity index (χ0v) is 14.2. The molecule has 0 aliphatic heterocycles. The lowest BCUT2D eigenvalue weighted by Gasteiger charge is -2.39. The van der Waals surface area contributed by atoms with E-state index in [1.54, 1.807) is 20.8 Å². The van der Waals surface area contributed by atoms with Crippen LogP contribution < -0.4 is 0 Å². The van der Waals surface area contributed by atoms with E-state index in [-0.39, 0.29) is 18.6 Å². The van der Waals surface area contributed by atoms with Crippen LogP contribution >= 0.6 is 0 Å². The number of carbonyl (C=O) groups is 3. The molecule has 0 aromatic carbocycles. The topological polar surface area (TPSA) is 80.7 Å². The zero-order valence-electron chi connectivity index (χ0n) is 14.2. The van der Waals surface area contributed by atoms with Crippen molar-refractivity contribution in [2.45, 2.75) is 60.8 Å². The van der Waals surface area contributed by atoms with Crippen LogP contribution in [0.2, 0.25) is 0 Å². The predicted molar refractivity (Wildman–Crippen MR) is 79.9 cm³/mol. The van der Waals surface area contributed by atoms with Crippen molar-refractivity contribution in [2.24, 2.45) is 16.2 Å². The van der Waals surface area contributed by atoms with E-state index < -0.39 is 28.2 Å². The number of hydrogen-bond acceptors (Lipinski definition) is 4. The molecule has 0 saturated heterocycles. The summed E-state index contributed by atoms with van der Waals surface area (Å²) in [6.07, 6.45) is 0.975. The average molecular weight is 300 g/mol. The maximum Gasteiger partial charge on any atom is 0.311 e. The predicted octanol–water partition coefficient (Wildman–Crippen LogP) is 3.06. The molecule has 0 aliphatic carbocycles. The van der Waals surface area contributed by atoms with Crippen LogP contribution in [0.1, 0.15) is 60.8 Å². The molecule has 0 fully saturated rings. The zero-order chi connectivity index (χ0) is 17.1. The summed E-state index contributed by atoms with van der Waals surface area (Å²) in [6.45, 7) is 10.0. The van der Waals surface area contributed by atoms with E-state index in [1.165, 1.54) is 14.0 Å². The van der Waals surface area contributed by atoms with Gasteiger partial charge in [0.1, 0.15) is 5.78 Å². The normalized spacial score (nSPS) is 17.5. The van der Waals surface area contributed by atoms with Crippen LogP contribution in [0.15, 0.2) is 0 Å². The van der Waals surface area contributed by atoms with Crippen LogP contribution in [0.3, 0.4) is 0 Å². The number of methoxy groups -OCH3 is 1. The largest absolute Gasteiger partial charge is 0.481 e. The minimum Gasteiger partial charge on any atom is -0.481 e. The van der Waals surface area contributed by atoms with Crippen molar-refractivity contribution in [3.05, 3.63) is 0 Å². The van der Waals surface area contributed by atoms with Crippen molar-refractivity contribution in [3.63, 3.8) is 0 Å². The molecule has 5 heteroatoms. The van der Waals surface area contributed by atoms with Crippen LogP contribution in [0.4, 0.5) is 0 Å². The highest BCUT2D eigenvalue weighted by Gasteiger charge is 2.47. The number of carboxylic acids is 1. The fraction of sp³-hybridized carbons (Fsp3) is 0.812. The van der Waals surface area contributed by atoms with E-state index in [2.05, 4.69) is 0 Å². The van der Waals surface area contributed by atoms with Crippen LogP contribution in [-0.4, -0.2) is 29.9 Å². The third-order valence-corrected chi connectivity index (χ3v) is 4.50. The van der Waals surface area contributed by atoms with Gasteiger partial charge in [0.15, 0.2) is 0 Å². The molecular formula is C16H28O5. The first kappa shape index (κ1) is 19.6. The second-order valence-corrected chi connectivity index (χ2v) is 7.07. The summed E-state index contributed by atoms with van der Waals surface area (Å²) in [6, 6.07) is 0. The summed E-state index contributed by atoms with van der Waals surface area (Å²) >= 11 is 0. The quantitative estimate of drug-likeness (QED) is 0.697. The Kier molecular flexibility index (Phi) is 6.15. The molecule has 0 aliphatic rings. The summed E-state index contributed by atoms with van der Waals surface area (Å²) in [7, 11) is 1.28. The number of aliphatic carboxylic acids is 1. The Morgan fingerprint density at radius 2 is 1.48 bits per heavy atom. The maximum absolute atomic E-state index is 12.2. The van der Waals surface area contributed by atoms with Gasteiger partial charge >= 0.3 is 11.9 Å². The molecule has 0 rings (SSSR count). The first-order chi connectivity index (χ1) is 9.34. The number of ketones is 1. The number of Topliss-reactive ketones (excluding diaryl/α,β-unsaturated/α-hetero) is 1. The van der Waals surface area contributed by atoms with Gasteiger partial charge in [0.2, 0.25) is 0 Å². The van der Waals surface area contributed by atoms with Crippen LogP contribution in [0.5, 0.6) is 0 Å². The van der Waals surface area contributed by atoms with Gasteiger partial charge in [-0.3, -0.25) is 14.4 Å². The number of rotatable bonds is 8. The Bertz CT molecular complexity index is 426. The van der Waals surface area contributed by atoms with Crippen molar-refractivity contribution in [3.8, 4) is 0 Å². The van der Waals surface area contributed by atoms with Gasteiger partial charge in [0.25, 0.3) is 0 Å². The van der Waals surface area contributed by atoms with Crippen LogP contribution in [0.25, 0.3) is 0 Å². The lowest BCUT2D eigenvalue weighted by molar-refractivity contribution is -0.160. The molecule has 0 aromatic heterocycles. The van der Waals surface area contributed by atoms with Crippen LogP contribution in [-0.2, 0) is 19.1 Å². The van der Waals surface area contributed by atoms with Crippen molar-refractivity contribution >= 4 is 17.7 Å². The van der Waals surface area contributed by atoms with Gasteiger partial charge in [-0.1, -0.05) is 13.8 Å². The maximum atomic E-state index is 12.2. The molecule has 1 N–H and O–H groups in total. The van der Waals surface area contributed by atoms with E-state index in [1.807, 2.05) is 13.8 Å². The molecule has 2 atom stereocenters. The Hall–Kier alpha value is -1.39. The minimum absolute atomic E-state index is 0.00624. The van der Waals surface area contributed by atoms with Gasteiger partial charge in [-0.15, -0.1) is 0 Å². The van der Waals surface area contributed by atoms with Crippen molar-refractivity contribution in [2.75, 3.05) is 7.11 Å². The fourth-order valence-corrected chi connectivity index (χ4v) is 2.86. The Morgan fingerprint density at radius 3 is 1.76 bits per heavy atom. The Labute approximate surface area is 127 Å². The van der Waals surface area contributed by atoms with Gasteiger partial charge in [-0.2, -0.15) is 0 Å². The van der Waals surface area contributed by atoms with Gasteiger partial charge in [-0.05, 0) is 47.0 Å². The van der Waals surface area contributed by atoms with Crippen LogP contribution in [0, 0.1) is 16.2 Å². The number of carboxylic acid groups (broad SMARTS) is 1. The number of ether oxygens (including phenoxy) is 1. The monoisotopic (exact) mass is 300 g/mol. The van der Waals surface area contributed by atoms with E-state index in [9.17, 15) is 19.5 Å². The first-order valence-corrected chi connectivity index (χ1v) is 7.17. The summed E-state index contributed by atoms with van der Waals surface area (Å²) in [5, 5.41) is 9.30. The molecule has 2 unspecified atom stereocenters. The van der Waals surface area contributed by atoms with E-state index in [0.29, 0.717) is 6.42 Å². The molecule has 0 amide bonds. The van der Waals surface area contributed by atoms with Crippen molar-refractivity contribution < 1.29 is 24.2 Å². The Morgan fingerprint density at radius 1 is 1.00 bits per heavy atom. The van der Waals surface area contributed by atoms with Gasteiger partial charge in [-0.25, -0.2) is 0 Å². The lowest BCUT2D eigenvalue weighted by Crippen LogP contribution is -2.42. The lowest BCUT2D eigenvalue weighted by atomic mass is 9.64. The molecule has 5 nitrogen and oxygen atoms in total. The fourth-order valence-electron chi connectivity index (χ4n) is 2.86.